The maximum atomic E-state index is 12.8. The molecule has 3 N–H and O–H groups in total. The average Bonchev–Trinajstić information content (AvgIpc) is 2.61. The summed E-state index contributed by atoms with van der Waals surface area (Å²) in [5.74, 6) is -0.0933. The summed E-state index contributed by atoms with van der Waals surface area (Å²) >= 11 is 0. The van der Waals surface area contributed by atoms with E-state index in [1.165, 1.54) is 25.3 Å². The lowest BCUT2D eigenvalue weighted by Crippen LogP contribution is -2.51. The first-order valence-electron chi connectivity index (χ1n) is 8.56. The number of carbonyl (C=O) groups excluding carboxylic acids is 1. The second-order valence-corrected chi connectivity index (χ2v) is 8.28. The number of carbonyl (C=O) groups is 1. The minimum atomic E-state index is -3.91. The van der Waals surface area contributed by atoms with Crippen molar-refractivity contribution in [2.75, 3.05) is 26.9 Å². The molecule has 26 heavy (non-hydrogen) atoms. The number of sulfonamides is 1. The lowest BCUT2D eigenvalue weighted by molar-refractivity contribution is -0.139. The number of hydrogen-bond acceptors (Lipinski definition) is 6. The van der Waals surface area contributed by atoms with E-state index < -0.39 is 10.0 Å². The Morgan fingerprint density at radius 1 is 1.31 bits per heavy atom. The first-order chi connectivity index (χ1) is 12.3. The summed E-state index contributed by atoms with van der Waals surface area (Å²) in [7, 11) is -2.48. The molecule has 3 rings (SSSR count). The monoisotopic (exact) mass is 384 g/mol. The van der Waals surface area contributed by atoms with Crippen molar-refractivity contribution in [2.45, 2.75) is 42.2 Å². The predicted molar refractivity (Wildman–Crippen MR) is 93.6 cm³/mol. The van der Waals surface area contributed by atoms with E-state index in [9.17, 15) is 13.2 Å². The van der Waals surface area contributed by atoms with Gasteiger partial charge in [0, 0.05) is 25.9 Å². The van der Waals surface area contributed by atoms with E-state index in [0.717, 1.165) is 12.8 Å². The van der Waals surface area contributed by atoms with Crippen molar-refractivity contribution in [3.8, 4) is 5.75 Å². The number of rotatable bonds is 4. The van der Waals surface area contributed by atoms with Gasteiger partial charge < -0.3 is 19.5 Å². The lowest BCUT2D eigenvalue weighted by atomic mass is 9.84. The van der Waals surface area contributed by atoms with Crippen LogP contribution in [-0.2, 0) is 19.5 Å². The Kier molecular flexibility index (Phi) is 5.52. The van der Waals surface area contributed by atoms with E-state index in [4.69, 9.17) is 19.3 Å². The van der Waals surface area contributed by atoms with Crippen LogP contribution < -0.4 is 15.2 Å². The van der Waals surface area contributed by atoms with E-state index in [1.807, 2.05) is 0 Å². The standard InChI is InChI=1S/C17H24N2O6S/c1-23-15-3-2-13(26(18,21)22)10-14(15)16(20)19-12-4-7-25-17(11-12)5-8-24-9-6-17/h2-3,10,12H,4-9,11H2,1H3,(H,19,20)(H2,18,21,22)/t12-/m1/s1. The minimum Gasteiger partial charge on any atom is -0.496 e. The van der Waals surface area contributed by atoms with E-state index in [0.29, 0.717) is 38.4 Å². The third kappa shape index (κ3) is 4.17. The quantitative estimate of drug-likeness (QED) is 0.793. The molecule has 1 amide bonds. The van der Waals surface area contributed by atoms with Crippen molar-refractivity contribution in [3.63, 3.8) is 0 Å². The van der Waals surface area contributed by atoms with Crippen LogP contribution in [0.3, 0.4) is 0 Å². The summed E-state index contributed by atoms with van der Waals surface area (Å²) < 4.78 is 39.7. The van der Waals surface area contributed by atoms with E-state index in [1.54, 1.807) is 0 Å². The van der Waals surface area contributed by atoms with Crippen LogP contribution in [0.1, 0.15) is 36.0 Å². The van der Waals surface area contributed by atoms with Crippen LogP contribution in [-0.4, -0.2) is 52.9 Å². The first kappa shape index (κ1) is 19.1. The third-order valence-electron chi connectivity index (χ3n) is 4.98. The highest BCUT2D eigenvalue weighted by Gasteiger charge is 2.39. The zero-order chi connectivity index (χ0) is 18.8. The molecule has 2 heterocycles. The average molecular weight is 384 g/mol. The van der Waals surface area contributed by atoms with Gasteiger partial charge in [-0.25, -0.2) is 13.6 Å². The summed E-state index contributed by atoms with van der Waals surface area (Å²) in [4.78, 5) is 12.6. The van der Waals surface area contributed by atoms with Crippen LogP contribution in [0.15, 0.2) is 23.1 Å². The highest BCUT2D eigenvalue weighted by Crippen LogP contribution is 2.34. The molecule has 8 nitrogen and oxygen atoms in total. The van der Waals surface area contributed by atoms with Gasteiger partial charge in [0.2, 0.25) is 10.0 Å². The van der Waals surface area contributed by atoms with Crippen LogP contribution in [0.5, 0.6) is 5.75 Å². The Hall–Kier alpha value is -1.68. The molecule has 2 fully saturated rings. The maximum absolute atomic E-state index is 12.8. The van der Waals surface area contributed by atoms with Crippen molar-refractivity contribution in [2.24, 2.45) is 5.14 Å². The first-order valence-corrected chi connectivity index (χ1v) is 10.1. The highest BCUT2D eigenvalue weighted by atomic mass is 32.2. The molecular formula is C17H24N2O6S. The number of primary sulfonamides is 1. The Balaban J connectivity index is 1.77. The van der Waals surface area contributed by atoms with Crippen molar-refractivity contribution in [1.29, 1.82) is 0 Å². The molecule has 0 aliphatic carbocycles. The van der Waals surface area contributed by atoms with Gasteiger partial charge in [0.25, 0.3) is 5.91 Å². The second-order valence-electron chi connectivity index (χ2n) is 6.71. The molecule has 0 unspecified atom stereocenters. The van der Waals surface area contributed by atoms with Gasteiger partial charge in [-0.3, -0.25) is 4.79 Å². The van der Waals surface area contributed by atoms with Crippen LogP contribution >= 0.6 is 0 Å². The Morgan fingerprint density at radius 3 is 2.69 bits per heavy atom. The van der Waals surface area contributed by atoms with Gasteiger partial charge >= 0.3 is 0 Å². The fourth-order valence-corrected chi connectivity index (χ4v) is 4.09. The minimum absolute atomic E-state index is 0.0582. The molecule has 1 aromatic carbocycles. The number of benzene rings is 1. The Labute approximate surface area is 153 Å². The van der Waals surface area contributed by atoms with Gasteiger partial charge in [-0.05, 0) is 43.9 Å². The molecule has 0 bridgehead atoms. The third-order valence-corrected chi connectivity index (χ3v) is 5.89. The molecular weight excluding hydrogens is 360 g/mol. The fraction of sp³-hybridized carbons (Fsp3) is 0.588. The number of nitrogens with one attached hydrogen (secondary N) is 1. The van der Waals surface area contributed by atoms with Gasteiger partial charge in [-0.15, -0.1) is 0 Å². The van der Waals surface area contributed by atoms with Crippen LogP contribution in [0.25, 0.3) is 0 Å². The maximum Gasteiger partial charge on any atom is 0.255 e. The smallest absolute Gasteiger partial charge is 0.255 e. The van der Waals surface area contributed by atoms with Gasteiger partial charge in [0.15, 0.2) is 0 Å². The number of nitrogens with two attached hydrogens (primary N) is 1. The molecule has 144 valence electrons. The van der Waals surface area contributed by atoms with Gasteiger partial charge in [-0.1, -0.05) is 0 Å². The van der Waals surface area contributed by atoms with E-state index in [2.05, 4.69) is 5.32 Å². The summed E-state index contributed by atoms with van der Waals surface area (Å²) in [6.07, 6.45) is 3.03. The van der Waals surface area contributed by atoms with Crippen molar-refractivity contribution in [3.05, 3.63) is 23.8 Å². The van der Waals surface area contributed by atoms with Gasteiger partial charge in [0.1, 0.15) is 5.75 Å². The molecule has 0 saturated carbocycles. The molecule has 0 aromatic heterocycles. The molecule has 9 heteroatoms. The van der Waals surface area contributed by atoms with Crippen molar-refractivity contribution in [1.82, 2.24) is 5.32 Å². The number of ether oxygens (including phenoxy) is 3. The number of methoxy groups -OCH3 is 1. The molecule has 1 atom stereocenters. The molecule has 1 spiro atoms. The molecule has 2 aliphatic rings. The molecule has 1 aromatic rings. The van der Waals surface area contributed by atoms with Gasteiger partial charge in [0.05, 0.1) is 23.2 Å². The second kappa shape index (κ2) is 7.51. The summed E-state index contributed by atoms with van der Waals surface area (Å²) in [5.41, 5.74) is -0.104. The lowest BCUT2D eigenvalue weighted by Gasteiger charge is -2.43. The number of amides is 1. The van der Waals surface area contributed by atoms with E-state index in [-0.39, 0.29) is 28.0 Å². The van der Waals surface area contributed by atoms with Gasteiger partial charge in [-0.2, -0.15) is 0 Å². The SMILES string of the molecule is COc1ccc(S(N)(=O)=O)cc1C(=O)N[C@@H]1CCOC2(CCOCC2)C1. The van der Waals surface area contributed by atoms with Crippen LogP contribution in [0, 0.1) is 0 Å². The zero-order valence-corrected chi connectivity index (χ0v) is 15.5. The Bertz CT molecular complexity index is 768. The summed E-state index contributed by atoms with van der Waals surface area (Å²) in [5, 5.41) is 8.15. The molecule has 2 saturated heterocycles. The van der Waals surface area contributed by atoms with Crippen LogP contribution in [0.4, 0.5) is 0 Å². The summed E-state index contributed by atoms with van der Waals surface area (Å²) in [6, 6.07) is 3.93. The predicted octanol–water partition coefficient (Wildman–Crippen LogP) is 0.801. The van der Waals surface area contributed by atoms with Crippen molar-refractivity contribution >= 4 is 15.9 Å². The zero-order valence-electron chi connectivity index (χ0n) is 14.7. The molecule has 2 aliphatic heterocycles. The fourth-order valence-electron chi connectivity index (χ4n) is 3.55. The topological polar surface area (TPSA) is 117 Å². The Morgan fingerprint density at radius 2 is 2.04 bits per heavy atom. The van der Waals surface area contributed by atoms with Crippen LogP contribution in [0.2, 0.25) is 0 Å². The van der Waals surface area contributed by atoms with Crippen molar-refractivity contribution < 1.29 is 27.4 Å². The number of hydrogen-bond donors (Lipinski definition) is 2. The van der Waals surface area contributed by atoms with E-state index >= 15 is 0 Å². The highest BCUT2D eigenvalue weighted by molar-refractivity contribution is 7.89. The summed E-state index contributed by atoms with van der Waals surface area (Å²) in [6.45, 7) is 1.88. The normalized spacial score (nSPS) is 22.8. The largest absolute Gasteiger partial charge is 0.496 e. The molecule has 0 radical (unpaired) electrons.